The van der Waals surface area contributed by atoms with Gasteiger partial charge >= 0.3 is 0 Å². The summed E-state index contributed by atoms with van der Waals surface area (Å²) in [6.45, 7) is 12.5. The quantitative estimate of drug-likeness (QED) is 0.790. The van der Waals surface area contributed by atoms with Crippen molar-refractivity contribution in [2.24, 2.45) is 10.9 Å². The molecule has 1 N–H and O–H groups in total. The Labute approximate surface area is 159 Å². The SMILES string of the molecule is CC(C)CCC1=NC2(CCN(C(C)CN3CCCCCC3)CC2)C(=O)N1. The molecule has 3 aliphatic rings. The van der Waals surface area contributed by atoms with Crippen LogP contribution in [0.5, 0.6) is 0 Å². The minimum Gasteiger partial charge on any atom is -0.312 e. The lowest BCUT2D eigenvalue weighted by molar-refractivity contribution is -0.125. The summed E-state index contributed by atoms with van der Waals surface area (Å²) in [7, 11) is 0. The van der Waals surface area contributed by atoms with Crippen LogP contribution >= 0.6 is 0 Å². The minimum atomic E-state index is -0.467. The van der Waals surface area contributed by atoms with Crippen LogP contribution in [-0.4, -0.2) is 65.8 Å². The van der Waals surface area contributed by atoms with E-state index in [4.69, 9.17) is 4.99 Å². The number of hydrogen-bond donors (Lipinski definition) is 1. The number of rotatable bonds is 6. The number of hydrogen-bond acceptors (Lipinski definition) is 4. The highest BCUT2D eigenvalue weighted by Gasteiger charge is 2.45. The Bertz CT molecular complexity index is 500. The Morgan fingerprint density at radius 1 is 1.04 bits per heavy atom. The fraction of sp³-hybridized carbons (Fsp3) is 0.905. The Hall–Kier alpha value is -0.940. The summed E-state index contributed by atoms with van der Waals surface area (Å²) >= 11 is 0. The van der Waals surface area contributed by atoms with Crippen molar-refractivity contribution in [2.75, 3.05) is 32.7 Å². The van der Waals surface area contributed by atoms with E-state index in [0.717, 1.165) is 44.6 Å². The van der Waals surface area contributed by atoms with E-state index < -0.39 is 5.54 Å². The number of carbonyl (C=O) groups excluding carboxylic acids is 1. The minimum absolute atomic E-state index is 0.149. The largest absolute Gasteiger partial charge is 0.312 e. The van der Waals surface area contributed by atoms with Gasteiger partial charge in [-0.3, -0.25) is 14.7 Å². The molecule has 0 aromatic rings. The van der Waals surface area contributed by atoms with Crippen LogP contribution in [0.3, 0.4) is 0 Å². The van der Waals surface area contributed by atoms with Gasteiger partial charge in [0.15, 0.2) is 0 Å². The van der Waals surface area contributed by atoms with Gasteiger partial charge in [-0.1, -0.05) is 26.7 Å². The predicted octanol–water partition coefficient (Wildman–Crippen LogP) is 3.05. The van der Waals surface area contributed by atoms with E-state index in [2.05, 4.69) is 35.9 Å². The lowest BCUT2D eigenvalue weighted by atomic mass is 9.87. The Morgan fingerprint density at radius 3 is 2.31 bits per heavy atom. The second-order valence-corrected chi connectivity index (χ2v) is 9.08. The highest BCUT2D eigenvalue weighted by atomic mass is 16.2. The number of likely N-dealkylation sites (tertiary alicyclic amines) is 2. The topological polar surface area (TPSA) is 47.9 Å². The zero-order chi connectivity index (χ0) is 18.6. The first-order valence-corrected chi connectivity index (χ1v) is 10.8. The van der Waals surface area contributed by atoms with E-state index in [1.165, 1.54) is 45.3 Å². The van der Waals surface area contributed by atoms with Gasteiger partial charge < -0.3 is 10.2 Å². The molecule has 0 bridgehead atoms. The molecule has 0 saturated carbocycles. The van der Waals surface area contributed by atoms with Crippen LogP contribution in [0, 0.1) is 5.92 Å². The third-order valence-corrected chi connectivity index (χ3v) is 6.46. The molecule has 0 aliphatic carbocycles. The number of amides is 1. The summed E-state index contributed by atoms with van der Waals surface area (Å²) in [4.78, 5) is 22.7. The average molecular weight is 363 g/mol. The van der Waals surface area contributed by atoms with Gasteiger partial charge in [-0.2, -0.15) is 0 Å². The molecule has 3 rings (SSSR count). The molecule has 26 heavy (non-hydrogen) atoms. The highest BCUT2D eigenvalue weighted by Crippen LogP contribution is 2.31. The molecule has 1 atom stereocenters. The first kappa shape index (κ1) is 19.8. The summed E-state index contributed by atoms with van der Waals surface area (Å²) in [6.07, 6.45) is 9.22. The number of carbonyl (C=O) groups is 1. The first-order chi connectivity index (χ1) is 12.5. The van der Waals surface area contributed by atoms with Crippen molar-refractivity contribution in [1.82, 2.24) is 15.1 Å². The van der Waals surface area contributed by atoms with E-state index in [-0.39, 0.29) is 5.91 Å². The third kappa shape index (κ3) is 4.86. The normalized spacial score (nSPS) is 26.0. The molecule has 1 spiro atoms. The maximum atomic E-state index is 12.6. The van der Waals surface area contributed by atoms with Gasteiger partial charge in [-0.25, -0.2) is 0 Å². The van der Waals surface area contributed by atoms with E-state index in [1.54, 1.807) is 0 Å². The van der Waals surface area contributed by atoms with Crippen molar-refractivity contribution >= 4 is 11.7 Å². The summed E-state index contributed by atoms with van der Waals surface area (Å²) in [5.41, 5.74) is -0.467. The molecule has 2 fully saturated rings. The van der Waals surface area contributed by atoms with Crippen LogP contribution in [0.1, 0.15) is 72.1 Å². The number of nitrogens with one attached hydrogen (secondary N) is 1. The second kappa shape index (κ2) is 8.83. The molecule has 3 aliphatic heterocycles. The zero-order valence-corrected chi connectivity index (χ0v) is 17.1. The van der Waals surface area contributed by atoms with Gasteiger partial charge in [0.2, 0.25) is 0 Å². The Kier molecular flexibility index (Phi) is 6.73. The Morgan fingerprint density at radius 2 is 1.69 bits per heavy atom. The zero-order valence-electron chi connectivity index (χ0n) is 17.1. The molecule has 0 aromatic carbocycles. The molecule has 5 heteroatoms. The maximum absolute atomic E-state index is 12.6. The molecule has 1 amide bonds. The standard InChI is InChI=1S/C21H38N4O/c1-17(2)8-9-19-22-20(26)21(23-19)10-14-25(15-11-21)18(3)16-24-12-6-4-5-7-13-24/h17-18H,4-16H2,1-3H3,(H,22,23,26). The molecule has 148 valence electrons. The van der Waals surface area contributed by atoms with E-state index >= 15 is 0 Å². The molecular weight excluding hydrogens is 324 g/mol. The summed E-state index contributed by atoms with van der Waals surface area (Å²) in [6, 6.07) is 0.569. The smallest absolute Gasteiger partial charge is 0.253 e. The molecule has 1 unspecified atom stereocenters. The molecule has 0 aromatic heterocycles. The fourth-order valence-electron chi connectivity index (χ4n) is 4.61. The number of piperidine rings is 1. The fourth-order valence-corrected chi connectivity index (χ4v) is 4.61. The summed E-state index contributed by atoms with van der Waals surface area (Å²) < 4.78 is 0. The lowest BCUT2D eigenvalue weighted by Crippen LogP contribution is -2.53. The first-order valence-electron chi connectivity index (χ1n) is 10.8. The van der Waals surface area contributed by atoms with E-state index in [9.17, 15) is 4.79 Å². The van der Waals surface area contributed by atoms with Crippen molar-refractivity contribution in [3.8, 4) is 0 Å². The van der Waals surface area contributed by atoms with Gasteiger partial charge in [0.05, 0.1) is 0 Å². The molecule has 5 nitrogen and oxygen atoms in total. The van der Waals surface area contributed by atoms with Gasteiger partial charge in [-0.05, 0) is 58.0 Å². The van der Waals surface area contributed by atoms with Crippen LogP contribution in [0.25, 0.3) is 0 Å². The number of aliphatic imine (C=N–C) groups is 1. The van der Waals surface area contributed by atoms with Crippen LogP contribution in [0.4, 0.5) is 0 Å². The van der Waals surface area contributed by atoms with Crippen LogP contribution in [-0.2, 0) is 4.79 Å². The third-order valence-electron chi connectivity index (χ3n) is 6.46. The predicted molar refractivity (Wildman–Crippen MR) is 108 cm³/mol. The van der Waals surface area contributed by atoms with Gasteiger partial charge in [0, 0.05) is 32.1 Å². The lowest BCUT2D eigenvalue weighted by Gasteiger charge is -2.40. The van der Waals surface area contributed by atoms with Gasteiger partial charge in [-0.15, -0.1) is 0 Å². The Balaban J connectivity index is 1.50. The summed E-state index contributed by atoms with van der Waals surface area (Å²) in [5, 5.41) is 3.07. The monoisotopic (exact) mass is 362 g/mol. The van der Waals surface area contributed by atoms with Gasteiger partial charge in [0.1, 0.15) is 11.4 Å². The van der Waals surface area contributed by atoms with Crippen molar-refractivity contribution in [3.05, 3.63) is 0 Å². The van der Waals surface area contributed by atoms with Gasteiger partial charge in [0.25, 0.3) is 5.91 Å². The average Bonchev–Trinajstić information content (AvgIpc) is 2.78. The molecule has 3 heterocycles. The number of nitrogens with zero attached hydrogens (tertiary/aromatic N) is 3. The van der Waals surface area contributed by atoms with Crippen molar-refractivity contribution in [3.63, 3.8) is 0 Å². The molecule has 2 saturated heterocycles. The van der Waals surface area contributed by atoms with E-state index in [0.29, 0.717) is 12.0 Å². The van der Waals surface area contributed by atoms with E-state index in [1.807, 2.05) is 0 Å². The van der Waals surface area contributed by atoms with Crippen LogP contribution in [0.15, 0.2) is 4.99 Å². The summed E-state index contributed by atoms with van der Waals surface area (Å²) in [5.74, 6) is 1.72. The van der Waals surface area contributed by atoms with Crippen LogP contribution in [0.2, 0.25) is 0 Å². The molecular formula is C21H38N4O. The van der Waals surface area contributed by atoms with Crippen molar-refractivity contribution < 1.29 is 4.79 Å². The second-order valence-electron chi connectivity index (χ2n) is 9.08. The highest BCUT2D eigenvalue weighted by molar-refractivity contribution is 6.08. The van der Waals surface area contributed by atoms with Crippen molar-refractivity contribution in [1.29, 1.82) is 0 Å². The van der Waals surface area contributed by atoms with Crippen molar-refractivity contribution in [2.45, 2.75) is 83.7 Å². The maximum Gasteiger partial charge on any atom is 0.253 e. The molecule has 0 radical (unpaired) electrons. The number of amidine groups is 1. The van der Waals surface area contributed by atoms with Crippen LogP contribution < -0.4 is 5.32 Å².